The highest BCUT2D eigenvalue weighted by Crippen LogP contribution is 2.34. The van der Waals surface area contributed by atoms with Gasteiger partial charge in [-0.2, -0.15) is 17.6 Å². The van der Waals surface area contributed by atoms with Crippen LogP contribution in [0, 0.1) is 5.95 Å². The molecule has 1 unspecified atom stereocenters. The summed E-state index contributed by atoms with van der Waals surface area (Å²) in [7, 11) is 0. The summed E-state index contributed by atoms with van der Waals surface area (Å²) in [5.74, 6) is -0.975. The fourth-order valence-electron chi connectivity index (χ4n) is 4.47. The molecular formula is C23H20ClF4N5O2. The summed E-state index contributed by atoms with van der Waals surface area (Å²) in [6, 6.07) is 7.13. The Labute approximate surface area is 202 Å². The molecule has 12 heteroatoms. The molecule has 0 radical (unpaired) electrons. The molecule has 2 aliphatic rings. The zero-order valence-corrected chi connectivity index (χ0v) is 19.0. The van der Waals surface area contributed by atoms with Crippen molar-refractivity contribution in [1.82, 2.24) is 25.0 Å². The van der Waals surface area contributed by atoms with Crippen LogP contribution in [0.4, 0.5) is 17.6 Å². The number of nitrogens with one attached hydrogen (secondary N) is 1. The number of ether oxygens (including phenoxy) is 1. The lowest BCUT2D eigenvalue weighted by Crippen LogP contribution is -2.59. The van der Waals surface area contributed by atoms with Gasteiger partial charge in [0.05, 0.1) is 34.9 Å². The van der Waals surface area contributed by atoms with Gasteiger partial charge in [-0.1, -0.05) is 29.8 Å². The van der Waals surface area contributed by atoms with Crippen molar-refractivity contribution in [1.29, 1.82) is 0 Å². The maximum absolute atomic E-state index is 13.9. The molecule has 5 rings (SSSR count). The van der Waals surface area contributed by atoms with Gasteiger partial charge in [-0.05, 0) is 12.1 Å². The lowest BCUT2D eigenvalue weighted by Gasteiger charge is -2.46. The molecule has 1 N–H and O–H groups in total. The van der Waals surface area contributed by atoms with E-state index in [1.54, 1.807) is 23.1 Å². The average molecular weight is 510 g/mol. The van der Waals surface area contributed by atoms with Gasteiger partial charge in [0.1, 0.15) is 5.69 Å². The number of rotatable bonds is 3. The second-order valence-corrected chi connectivity index (χ2v) is 8.83. The second-order valence-electron chi connectivity index (χ2n) is 8.45. The predicted octanol–water partition coefficient (Wildman–Crippen LogP) is 4.18. The van der Waals surface area contributed by atoms with E-state index >= 15 is 0 Å². The summed E-state index contributed by atoms with van der Waals surface area (Å²) in [5.41, 5.74) is 0.448. The molecule has 2 fully saturated rings. The Morgan fingerprint density at radius 1 is 1.14 bits per heavy atom. The molecule has 2 atom stereocenters. The van der Waals surface area contributed by atoms with Crippen LogP contribution in [-0.2, 0) is 10.9 Å². The van der Waals surface area contributed by atoms with Crippen molar-refractivity contribution >= 4 is 17.5 Å². The lowest BCUT2D eigenvalue weighted by atomic mass is 10.0. The number of halogens is 5. The molecule has 4 heterocycles. The topological polar surface area (TPSA) is 74.4 Å². The first-order valence-corrected chi connectivity index (χ1v) is 11.3. The normalized spacial score (nSPS) is 21.1. The van der Waals surface area contributed by atoms with Gasteiger partial charge >= 0.3 is 6.18 Å². The third-order valence-electron chi connectivity index (χ3n) is 6.34. The van der Waals surface area contributed by atoms with E-state index in [2.05, 4.69) is 20.1 Å². The fourth-order valence-corrected chi connectivity index (χ4v) is 4.78. The number of fused-ring (bicyclic) bond motifs is 1. The van der Waals surface area contributed by atoms with E-state index in [0.29, 0.717) is 43.9 Å². The number of hydrogen-bond acceptors (Lipinski definition) is 5. The Kier molecular flexibility index (Phi) is 6.24. The van der Waals surface area contributed by atoms with Crippen LogP contribution in [0.3, 0.4) is 0 Å². The fraction of sp³-hybridized carbons (Fsp3) is 0.348. The van der Waals surface area contributed by atoms with E-state index in [0.717, 1.165) is 6.07 Å². The van der Waals surface area contributed by atoms with E-state index in [1.807, 2.05) is 0 Å². The molecule has 0 spiro atoms. The van der Waals surface area contributed by atoms with Gasteiger partial charge in [0.2, 0.25) is 5.95 Å². The van der Waals surface area contributed by atoms with E-state index in [-0.39, 0.29) is 28.1 Å². The van der Waals surface area contributed by atoms with Crippen LogP contribution in [-0.4, -0.2) is 69.7 Å². The zero-order chi connectivity index (χ0) is 24.7. The molecule has 0 bridgehead atoms. The highest BCUT2D eigenvalue weighted by molar-refractivity contribution is 6.36. The molecule has 7 nitrogen and oxygen atoms in total. The standard InChI is InChI=1S/C23H20ClF4N5O2/c24-20-15(17-9-30-31-21(17)25)2-1-3-16(20)22(34)33-7-6-32-11-18(35-12-14(32)10-33)13-4-5-19(29-8-13)23(26,27)28/h1-5,8-9,14,18H,6-7,10-12H2,(H,30,31)/t14-,18?/m0/s1. The number of alkyl halides is 3. The van der Waals surface area contributed by atoms with Crippen molar-refractivity contribution in [3.63, 3.8) is 0 Å². The van der Waals surface area contributed by atoms with Gasteiger partial charge in [-0.15, -0.1) is 5.10 Å². The van der Waals surface area contributed by atoms with E-state index in [9.17, 15) is 22.4 Å². The maximum Gasteiger partial charge on any atom is 0.433 e. The Morgan fingerprint density at radius 2 is 1.97 bits per heavy atom. The van der Waals surface area contributed by atoms with Gasteiger partial charge in [0, 0.05) is 49.7 Å². The first-order chi connectivity index (χ1) is 16.7. The molecular weight excluding hydrogens is 490 g/mol. The van der Waals surface area contributed by atoms with Gasteiger partial charge in [0.25, 0.3) is 5.91 Å². The molecule has 35 heavy (non-hydrogen) atoms. The van der Waals surface area contributed by atoms with E-state index < -0.39 is 23.9 Å². The molecule has 2 saturated heterocycles. The van der Waals surface area contributed by atoms with Crippen LogP contribution in [0.5, 0.6) is 0 Å². The highest BCUT2D eigenvalue weighted by Gasteiger charge is 2.37. The lowest BCUT2D eigenvalue weighted by molar-refractivity contribution is -0.141. The summed E-state index contributed by atoms with van der Waals surface area (Å²) in [6.07, 6.45) is -2.31. The minimum Gasteiger partial charge on any atom is -0.370 e. The summed E-state index contributed by atoms with van der Waals surface area (Å²) >= 11 is 6.48. The molecule has 2 aromatic heterocycles. The van der Waals surface area contributed by atoms with Crippen molar-refractivity contribution in [3.8, 4) is 11.1 Å². The van der Waals surface area contributed by atoms with Crippen LogP contribution in [0.25, 0.3) is 11.1 Å². The van der Waals surface area contributed by atoms with Crippen molar-refractivity contribution in [2.24, 2.45) is 0 Å². The Balaban J connectivity index is 1.26. The SMILES string of the molecule is O=C(c1cccc(-c2c[nH]nc2F)c1Cl)N1CCN2CC(c3ccc(C(F)(F)F)nc3)OC[C@@H]2C1. The first kappa shape index (κ1) is 23.7. The van der Waals surface area contributed by atoms with Gasteiger partial charge in [0.15, 0.2) is 0 Å². The molecule has 184 valence electrons. The van der Waals surface area contributed by atoms with Crippen molar-refractivity contribution < 1.29 is 27.1 Å². The quantitative estimate of drug-likeness (QED) is 0.536. The monoisotopic (exact) mass is 509 g/mol. The Bertz CT molecular complexity index is 1230. The minimum atomic E-state index is -4.49. The number of morpholine rings is 1. The average Bonchev–Trinajstić information content (AvgIpc) is 3.28. The summed E-state index contributed by atoms with van der Waals surface area (Å²) in [4.78, 5) is 20.6. The Morgan fingerprint density at radius 3 is 2.66 bits per heavy atom. The van der Waals surface area contributed by atoms with Gasteiger partial charge in [-0.25, -0.2) is 0 Å². The van der Waals surface area contributed by atoms with Crippen LogP contribution in [0.1, 0.15) is 27.7 Å². The molecule has 3 aromatic rings. The molecule has 1 aromatic carbocycles. The van der Waals surface area contributed by atoms with Crippen molar-refractivity contribution in [2.75, 3.05) is 32.8 Å². The van der Waals surface area contributed by atoms with E-state index in [1.165, 1.54) is 18.5 Å². The number of H-pyrrole nitrogens is 1. The summed E-state index contributed by atoms with van der Waals surface area (Å²) in [6.45, 7) is 2.20. The second kappa shape index (κ2) is 9.21. The number of nitrogens with zero attached hydrogens (tertiary/aromatic N) is 4. The predicted molar refractivity (Wildman–Crippen MR) is 118 cm³/mol. The largest absolute Gasteiger partial charge is 0.433 e. The highest BCUT2D eigenvalue weighted by atomic mass is 35.5. The van der Waals surface area contributed by atoms with Crippen molar-refractivity contribution in [3.05, 3.63) is 70.5 Å². The number of pyridine rings is 1. The number of hydrogen-bond donors (Lipinski definition) is 1. The maximum atomic E-state index is 13.9. The van der Waals surface area contributed by atoms with E-state index in [4.69, 9.17) is 16.3 Å². The molecule has 1 amide bonds. The third kappa shape index (κ3) is 4.63. The number of aromatic nitrogens is 3. The Hall–Kier alpha value is -3.02. The molecule has 2 aliphatic heterocycles. The van der Waals surface area contributed by atoms with Crippen LogP contribution < -0.4 is 0 Å². The number of carbonyl (C=O) groups is 1. The van der Waals surface area contributed by atoms with Gasteiger partial charge < -0.3 is 9.64 Å². The summed E-state index contributed by atoms with van der Waals surface area (Å²) in [5, 5.41) is 6.06. The summed E-state index contributed by atoms with van der Waals surface area (Å²) < 4.78 is 58.2. The van der Waals surface area contributed by atoms with Crippen LogP contribution in [0.15, 0.2) is 42.7 Å². The number of amides is 1. The number of aromatic amines is 1. The third-order valence-corrected chi connectivity index (χ3v) is 6.75. The van der Waals surface area contributed by atoms with Gasteiger partial charge in [-0.3, -0.25) is 19.8 Å². The molecule has 0 saturated carbocycles. The van der Waals surface area contributed by atoms with Crippen LogP contribution >= 0.6 is 11.6 Å². The number of piperazine rings is 1. The first-order valence-electron chi connectivity index (χ1n) is 10.9. The van der Waals surface area contributed by atoms with Crippen LogP contribution in [0.2, 0.25) is 5.02 Å². The zero-order valence-electron chi connectivity index (χ0n) is 18.2. The minimum absolute atomic E-state index is 0.0698. The van der Waals surface area contributed by atoms with Crippen molar-refractivity contribution in [2.45, 2.75) is 18.3 Å². The molecule has 0 aliphatic carbocycles. The number of benzene rings is 1. The smallest absolute Gasteiger partial charge is 0.370 e. The number of carbonyl (C=O) groups excluding carboxylic acids is 1.